The lowest BCUT2D eigenvalue weighted by molar-refractivity contribution is 0.448. The van der Waals surface area contributed by atoms with Gasteiger partial charge in [-0.25, -0.2) is 4.98 Å². The van der Waals surface area contributed by atoms with Crippen LogP contribution in [-0.2, 0) is 7.05 Å². The molecule has 0 radical (unpaired) electrons. The molecule has 0 spiro atoms. The molecule has 0 aliphatic rings. The van der Waals surface area contributed by atoms with E-state index in [1.54, 1.807) is 31.4 Å². The fourth-order valence-electron chi connectivity index (χ4n) is 1.30. The third-order valence-electron chi connectivity index (χ3n) is 2.09. The maximum Gasteiger partial charge on any atom is 0.313 e. The van der Waals surface area contributed by atoms with Crippen LogP contribution in [0.2, 0.25) is 0 Å². The van der Waals surface area contributed by atoms with Crippen molar-refractivity contribution in [2.45, 2.75) is 0 Å². The Morgan fingerprint density at radius 2 is 2.18 bits per heavy atom. The number of aryl methyl sites for hydroxylation is 1. The Labute approximate surface area is 106 Å². The maximum absolute atomic E-state index is 11.7. The summed E-state index contributed by atoms with van der Waals surface area (Å²) in [7, 11) is 1.63. The lowest BCUT2D eigenvalue weighted by Crippen LogP contribution is -2.18. The molecule has 0 saturated carbocycles. The Kier molecular flexibility index (Phi) is 3.14. The van der Waals surface area contributed by atoms with Crippen molar-refractivity contribution < 1.29 is 4.74 Å². The first kappa shape index (κ1) is 11.7. The Morgan fingerprint density at radius 1 is 1.41 bits per heavy atom. The monoisotopic (exact) mass is 295 g/mol. The highest BCUT2D eigenvalue weighted by atomic mass is 79.9. The minimum Gasteiger partial charge on any atom is -0.435 e. The molecule has 6 heteroatoms. The second-order valence-corrected chi connectivity index (χ2v) is 4.39. The van der Waals surface area contributed by atoms with Gasteiger partial charge in [0.25, 0.3) is 5.88 Å². The molecule has 0 atom stereocenters. The van der Waals surface area contributed by atoms with E-state index in [0.717, 1.165) is 4.47 Å². The highest BCUT2D eigenvalue weighted by Gasteiger charge is 2.06. The predicted molar refractivity (Wildman–Crippen MR) is 68.1 cm³/mol. The average molecular weight is 296 g/mol. The number of hydrogen-bond donors (Lipinski definition) is 1. The molecule has 5 nitrogen and oxygen atoms in total. The normalized spacial score (nSPS) is 10.2. The van der Waals surface area contributed by atoms with E-state index in [1.165, 1.54) is 10.8 Å². The lowest BCUT2D eigenvalue weighted by atomic mass is 10.3. The molecule has 88 valence electrons. The van der Waals surface area contributed by atoms with Crippen LogP contribution in [0.5, 0.6) is 11.6 Å². The standard InChI is InChI=1S/C11H10BrN3O2/c1-15-3-2-14-10(11(15)16)17-9-5-7(12)4-8(13)6-9/h2-6H,13H2,1H3. The summed E-state index contributed by atoms with van der Waals surface area (Å²) in [5.74, 6) is 0.486. The van der Waals surface area contributed by atoms with Crippen LogP contribution in [0.4, 0.5) is 5.69 Å². The van der Waals surface area contributed by atoms with Crippen molar-refractivity contribution in [3.05, 3.63) is 45.4 Å². The number of anilines is 1. The van der Waals surface area contributed by atoms with Gasteiger partial charge in [-0.15, -0.1) is 0 Å². The molecule has 2 rings (SSSR count). The number of benzene rings is 1. The van der Waals surface area contributed by atoms with Crippen LogP contribution >= 0.6 is 15.9 Å². The third kappa shape index (κ3) is 2.65. The van der Waals surface area contributed by atoms with Crippen LogP contribution in [0.25, 0.3) is 0 Å². The first-order valence-electron chi connectivity index (χ1n) is 4.82. The molecule has 1 aromatic carbocycles. The minimum absolute atomic E-state index is 0.0208. The van der Waals surface area contributed by atoms with Crippen LogP contribution in [0.3, 0.4) is 0 Å². The van der Waals surface area contributed by atoms with Crippen LogP contribution in [0.1, 0.15) is 0 Å². The molecule has 0 amide bonds. The summed E-state index contributed by atoms with van der Waals surface area (Å²) < 4.78 is 7.57. The summed E-state index contributed by atoms with van der Waals surface area (Å²) in [6.45, 7) is 0. The zero-order valence-corrected chi connectivity index (χ0v) is 10.6. The van der Waals surface area contributed by atoms with Crippen LogP contribution in [0.15, 0.2) is 39.9 Å². The molecule has 0 aliphatic carbocycles. The predicted octanol–water partition coefficient (Wildman–Crippen LogP) is 1.92. The number of hydrogen-bond acceptors (Lipinski definition) is 4. The summed E-state index contributed by atoms with van der Waals surface area (Å²) in [6, 6.07) is 5.08. The Bertz CT molecular complexity index is 590. The summed E-state index contributed by atoms with van der Waals surface area (Å²) in [5.41, 5.74) is 5.91. The largest absolute Gasteiger partial charge is 0.435 e. The minimum atomic E-state index is -0.300. The molecule has 0 aliphatic heterocycles. The molecule has 2 aromatic rings. The van der Waals surface area contributed by atoms with E-state index >= 15 is 0 Å². The summed E-state index contributed by atoms with van der Waals surface area (Å²) in [5, 5.41) is 0. The van der Waals surface area contributed by atoms with Crippen LogP contribution in [-0.4, -0.2) is 9.55 Å². The van der Waals surface area contributed by atoms with Gasteiger partial charge >= 0.3 is 5.56 Å². The SMILES string of the molecule is Cn1ccnc(Oc2cc(N)cc(Br)c2)c1=O. The van der Waals surface area contributed by atoms with Crippen molar-refractivity contribution in [1.82, 2.24) is 9.55 Å². The second-order valence-electron chi connectivity index (χ2n) is 3.47. The Morgan fingerprint density at radius 3 is 2.88 bits per heavy atom. The number of nitrogens with zero attached hydrogens (tertiary/aromatic N) is 2. The van der Waals surface area contributed by atoms with E-state index in [4.69, 9.17) is 10.5 Å². The fraction of sp³-hybridized carbons (Fsp3) is 0.0909. The van der Waals surface area contributed by atoms with Gasteiger partial charge in [0.2, 0.25) is 0 Å². The van der Waals surface area contributed by atoms with E-state index in [1.807, 2.05) is 0 Å². The van der Waals surface area contributed by atoms with Gasteiger partial charge < -0.3 is 15.0 Å². The molecule has 0 saturated heterocycles. The summed E-state index contributed by atoms with van der Waals surface area (Å²) in [4.78, 5) is 15.6. The van der Waals surface area contributed by atoms with Crippen molar-refractivity contribution >= 4 is 21.6 Å². The zero-order valence-electron chi connectivity index (χ0n) is 9.05. The van der Waals surface area contributed by atoms with Gasteiger partial charge in [-0.1, -0.05) is 15.9 Å². The number of nitrogen functional groups attached to an aromatic ring is 1. The van der Waals surface area contributed by atoms with Crippen molar-refractivity contribution in [2.24, 2.45) is 7.05 Å². The molecule has 0 unspecified atom stereocenters. The van der Waals surface area contributed by atoms with E-state index < -0.39 is 0 Å². The van der Waals surface area contributed by atoms with Crippen molar-refractivity contribution in [3.8, 4) is 11.6 Å². The van der Waals surface area contributed by atoms with Crippen molar-refractivity contribution in [1.29, 1.82) is 0 Å². The molecular formula is C11H10BrN3O2. The van der Waals surface area contributed by atoms with Gasteiger partial charge in [0.15, 0.2) is 0 Å². The summed E-state index contributed by atoms with van der Waals surface area (Å²) >= 11 is 3.30. The van der Waals surface area contributed by atoms with E-state index in [-0.39, 0.29) is 11.4 Å². The Hall–Kier alpha value is -1.82. The van der Waals surface area contributed by atoms with Gasteiger partial charge in [-0.05, 0) is 12.1 Å². The highest BCUT2D eigenvalue weighted by molar-refractivity contribution is 9.10. The maximum atomic E-state index is 11.7. The van der Waals surface area contributed by atoms with Crippen molar-refractivity contribution in [2.75, 3.05) is 5.73 Å². The third-order valence-corrected chi connectivity index (χ3v) is 2.55. The fourth-order valence-corrected chi connectivity index (χ4v) is 1.79. The van der Waals surface area contributed by atoms with Gasteiger partial charge in [0.1, 0.15) is 5.75 Å². The molecule has 0 bridgehead atoms. The molecule has 1 heterocycles. The molecular weight excluding hydrogens is 286 g/mol. The number of aromatic nitrogens is 2. The van der Waals surface area contributed by atoms with Gasteiger partial charge in [0.05, 0.1) is 0 Å². The molecule has 0 fully saturated rings. The number of rotatable bonds is 2. The van der Waals surface area contributed by atoms with Gasteiger partial charge in [0, 0.05) is 35.7 Å². The number of ether oxygens (including phenoxy) is 1. The molecule has 2 N–H and O–H groups in total. The van der Waals surface area contributed by atoms with Crippen molar-refractivity contribution in [3.63, 3.8) is 0 Å². The highest BCUT2D eigenvalue weighted by Crippen LogP contribution is 2.25. The number of nitrogens with two attached hydrogens (primary N) is 1. The quantitative estimate of drug-likeness (QED) is 0.859. The molecule has 1 aromatic heterocycles. The lowest BCUT2D eigenvalue weighted by Gasteiger charge is -2.06. The Balaban J connectivity index is 2.38. The number of halogens is 1. The zero-order chi connectivity index (χ0) is 12.4. The summed E-state index contributed by atoms with van der Waals surface area (Å²) in [6.07, 6.45) is 3.06. The van der Waals surface area contributed by atoms with E-state index in [9.17, 15) is 4.79 Å². The van der Waals surface area contributed by atoms with Crippen LogP contribution in [0, 0.1) is 0 Å². The average Bonchev–Trinajstić information content (AvgIpc) is 2.23. The van der Waals surface area contributed by atoms with E-state index in [2.05, 4.69) is 20.9 Å². The van der Waals surface area contributed by atoms with E-state index in [0.29, 0.717) is 11.4 Å². The second kappa shape index (κ2) is 4.58. The topological polar surface area (TPSA) is 70.1 Å². The van der Waals surface area contributed by atoms with Crippen LogP contribution < -0.4 is 16.0 Å². The first-order valence-corrected chi connectivity index (χ1v) is 5.61. The van der Waals surface area contributed by atoms with Gasteiger partial charge in [-0.2, -0.15) is 0 Å². The smallest absolute Gasteiger partial charge is 0.313 e. The molecule has 17 heavy (non-hydrogen) atoms. The first-order chi connectivity index (χ1) is 8.06. The van der Waals surface area contributed by atoms with Gasteiger partial charge in [-0.3, -0.25) is 4.79 Å².